The van der Waals surface area contributed by atoms with E-state index in [1.54, 1.807) is 0 Å². The summed E-state index contributed by atoms with van der Waals surface area (Å²) in [7, 11) is 0. The predicted octanol–water partition coefficient (Wildman–Crippen LogP) is 2.57. The van der Waals surface area contributed by atoms with Gasteiger partial charge in [-0.25, -0.2) is 4.79 Å². The van der Waals surface area contributed by atoms with E-state index in [0.717, 1.165) is 25.7 Å². The fourth-order valence-electron chi connectivity index (χ4n) is 1.67. The molecule has 0 saturated carbocycles. The first kappa shape index (κ1) is 15.9. The molecule has 0 unspecified atom stereocenters. The molecule has 0 aromatic carbocycles. The van der Waals surface area contributed by atoms with Crippen molar-refractivity contribution in [2.75, 3.05) is 0 Å². The molecule has 0 aromatic heterocycles. The van der Waals surface area contributed by atoms with Crippen LogP contribution >= 0.6 is 0 Å². The van der Waals surface area contributed by atoms with Crippen molar-refractivity contribution >= 4 is 11.9 Å². The van der Waals surface area contributed by atoms with Gasteiger partial charge in [0.2, 0.25) is 5.91 Å². The molecule has 0 saturated heterocycles. The molecule has 2 N–H and O–H groups in total. The SMILES string of the molecule is CCCCCCC(=O)N[C@H](CC(C)C)C(=O)O. The highest BCUT2D eigenvalue weighted by molar-refractivity contribution is 5.83. The van der Waals surface area contributed by atoms with Crippen LogP contribution in [0, 0.1) is 5.92 Å². The fourth-order valence-corrected chi connectivity index (χ4v) is 1.67. The molecule has 0 rings (SSSR count). The first-order valence-electron chi connectivity index (χ1n) is 6.49. The number of hydrogen-bond donors (Lipinski definition) is 2. The number of carboxylic acid groups (broad SMARTS) is 1. The zero-order valence-corrected chi connectivity index (χ0v) is 11.2. The van der Waals surface area contributed by atoms with Crippen LogP contribution < -0.4 is 5.32 Å². The second-order valence-corrected chi connectivity index (χ2v) is 4.90. The average molecular weight is 243 g/mol. The third kappa shape index (κ3) is 8.72. The number of carbonyl (C=O) groups excluding carboxylic acids is 1. The molecule has 1 atom stereocenters. The van der Waals surface area contributed by atoms with Crippen molar-refractivity contribution in [2.45, 2.75) is 65.3 Å². The van der Waals surface area contributed by atoms with E-state index in [2.05, 4.69) is 12.2 Å². The van der Waals surface area contributed by atoms with E-state index >= 15 is 0 Å². The predicted molar refractivity (Wildman–Crippen MR) is 67.8 cm³/mol. The zero-order chi connectivity index (χ0) is 13.3. The highest BCUT2D eigenvalue weighted by Gasteiger charge is 2.20. The molecule has 0 spiro atoms. The first-order valence-corrected chi connectivity index (χ1v) is 6.49. The maximum Gasteiger partial charge on any atom is 0.326 e. The van der Waals surface area contributed by atoms with Crippen molar-refractivity contribution in [1.82, 2.24) is 5.32 Å². The Morgan fingerprint density at radius 1 is 1.18 bits per heavy atom. The lowest BCUT2D eigenvalue weighted by atomic mass is 10.0. The van der Waals surface area contributed by atoms with Crippen LogP contribution in [-0.2, 0) is 9.59 Å². The third-order valence-electron chi connectivity index (χ3n) is 2.60. The number of rotatable bonds is 9. The normalized spacial score (nSPS) is 12.5. The average Bonchev–Trinajstić information content (AvgIpc) is 2.22. The Kier molecular flexibility index (Phi) is 8.46. The summed E-state index contributed by atoms with van der Waals surface area (Å²) >= 11 is 0. The van der Waals surface area contributed by atoms with Crippen molar-refractivity contribution < 1.29 is 14.7 Å². The van der Waals surface area contributed by atoms with Gasteiger partial charge in [0.1, 0.15) is 6.04 Å². The van der Waals surface area contributed by atoms with Crippen molar-refractivity contribution in [2.24, 2.45) is 5.92 Å². The molecule has 4 heteroatoms. The van der Waals surface area contributed by atoms with Crippen molar-refractivity contribution in [3.8, 4) is 0 Å². The number of carboxylic acids is 1. The highest BCUT2D eigenvalue weighted by atomic mass is 16.4. The summed E-state index contributed by atoms with van der Waals surface area (Å²) in [5.74, 6) is -0.828. The number of amides is 1. The van der Waals surface area contributed by atoms with Crippen LogP contribution in [0.3, 0.4) is 0 Å². The van der Waals surface area contributed by atoms with E-state index in [0.29, 0.717) is 12.8 Å². The summed E-state index contributed by atoms with van der Waals surface area (Å²) in [4.78, 5) is 22.5. The minimum absolute atomic E-state index is 0.144. The summed E-state index contributed by atoms with van der Waals surface area (Å²) in [5, 5.41) is 11.6. The minimum atomic E-state index is -0.944. The monoisotopic (exact) mass is 243 g/mol. The molecule has 4 nitrogen and oxygen atoms in total. The van der Waals surface area contributed by atoms with E-state index in [9.17, 15) is 9.59 Å². The second-order valence-electron chi connectivity index (χ2n) is 4.90. The van der Waals surface area contributed by atoms with Crippen molar-refractivity contribution in [1.29, 1.82) is 0 Å². The maximum atomic E-state index is 11.5. The Morgan fingerprint density at radius 2 is 1.82 bits per heavy atom. The molecule has 0 aliphatic heterocycles. The summed E-state index contributed by atoms with van der Waals surface area (Å²) < 4.78 is 0. The Hall–Kier alpha value is -1.06. The van der Waals surface area contributed by atoms with Crippen LogP contribution in [0.25, 0.3) is 0 Å². The molecule has 0 bridgehead atoms. The van der Waals surface area contributed by atoms with Gasteiger partial charge in [-0.3, -0.25) is 4.79 Å². The Morgan fingerprint density at radius 3 is 2.29 bits per heavy atom. The van der Waals surface area contributed by atoms with Crippen molar-refractivity contribution in [3.63, 3.8) is 0 Å². The smallest absolute Gasteiger partial charge is 0.326 e. The molecular formula is C13H25NO3. The topological polar surface area (TPSA) is 66.4 Å². The van der Waals surface area contributed by atoms with Gasteiger partial charge in [-0.1, -0.05) is 40.0 Å². The van der Waals surface area contributed by atoms with Gasteiger partial charge in [-0.2, -0.15) is 0 Å². The standard InChI is InChI=1S/C13H25NO3/c1-4-5-6-7-8-12(15)14-11(13(16)17)9-10(2)3/h10-11H,4-9H2,1-3H3,(H,14,15)(H,16,17)/t11-/m1/s1. The highest BCUT2D eigenvalue weighted by Crippen LogP contribution is 2.07. The summed E-state index contributed by atoms with van der Waals surface area (Å²) in [6, 6.07) is -0.742. The molecule has 1 amide bonds. The number of hydrogen-bond acceptors (Lipinski definition) is 2. The van der Waals surface area contributed by atoms with Crippen LogP contribution in [0.15, 0.2) is 0 Å². The molecule has 0 fully saturated rings. The molecule has 0 aliphatic rings. The number of nitrogens with one attached hydrogen (secondary N) is 1. The van der Waals surface area contributed by atoms with E-state index in [1.807, 2.05) is 13.8 Å². The third-order valence-corrected chi connectivity index (χ3v) is 2.60. The quantitative estimate of drug-likeness (QED) is 0.612. The van der Waals surface area contributed by atoms with E-state index in [-0.39, 0.29) is 11.8 Å². The molecular weight excluding hydrogens is 218 g/mol. The summed E-state index contributed by atoms with van der Waals surface area (Å²) in [5.41, 5.74) is 0. The van der Waals surface area contributed by atoms with Gasteiger partial charge >= 0.3 is 5.97 Å². The lowest BCUT2D eigenvalue weighted by molar-refractivity contribution is -0.142. The van der Waals surface area contributed by atoms with Crippen LogP contribution in [0.5, 0.6) is 0 Å². The molecule has 0 aromatic rings. The first-order chi connectivity index (χ1) is 7.97. The van der Waals surface area contributed by atoms with Gasteiger partial charge in [-0.15, -0.1) is 0 Å². The minimum Gasteiger partial charge on any atom is -0.480 e. The molecule has 0 heterocycles. The van der Waals surface area contributed by atoms with Crippen LogP contribution in [0.2, 0.25) is 0 Å². The summed E-state index contributed by atoms with van der Waals surface area (Å²) in [6.07, 6.45) is 5.05. The fraction of sp³-hybridized carbons (Fsp3) is 0.846. The largest absolute Gasteiger partial charge is 0.480 e. The van der Waals surface area contributed by atoms with Gasteiger partial charge in [0.25, 0.3) is 0 Å². The van der Waals surface area contributed by atoms with E-state index in [4.69, 9.17) is 5.11 Å². The van der Waals surface area contributed by atoms with E-state index in [1.165, 1.54) is 0 Å². The number of aliphatic carboxylic acids is 1. The molecule has 17 heavy (non-hydrogen) atoms. The van der Waals surface area contributed by atoms with Gasteiger partial charge in [0.15, 0.2) is 0 Å². The van der Waals surface area contributed by atoms with Gasteiger partial charge in [0, 0.05) is 6.42 Å². The molecule has 100 valence electrons. The second kappa shape index (κ2) is 9.02. The summed E-state index contributed by atoms with van der Waals surface area (Å²) in [6.45, 7) is 6.01. The zero-order valence-electron chi connectivity index (χ0n) is 11.2. The van der Waals surface area contributed by atoms with Gasteiger partial charge < -0.3 is 10.4 Å². The van der Waals surface area contributed by atoms with Gasteiger partial charge in [-0.05, 0) is 18.8 Å². The molecule has 0 radical (unpaired) electrons. The molecule has 0 aliphatic carbocycles. The maximum absolute atomic E-state index is 11.5. The van der Waals surface area contributed by atoms with Crippen molar-refractivity contribution in [3.05, 3.63) is 0 Å². The number of unbranched alkanes of at least 4 members (excludes halogenated alkanes) is 3. The van der Waals surface area contributed by atoms with Gasteiger partial charge in [0.05, 0.1) is 0 Å². The lowest BCUT2D eigenvalue weighted by Crippen LogP contribution is -2.41. The Balaban J connectivity index is 3.91. The number of carbonyl (C=O) groups is 2. The van der Waals surface area contributed by atoms with Crippen LogP contribution in [0.4, 0.5) is 0 Å². The lowest BCUT2D eigenvalue weighted by Gasteiger charge is -2.16. The van der Waals surface area contributed by atoms with Crippen LogP contribution in [0.1, 0.15) is 59.3 Å². The van der Waals surface area contributed by atoms with Crippen LogP contribution in [-0.4, -0.2) is 23.0 Å². The Labute approximate surface area is 104 Å². The Bertz CT molecular complexity index is 239. The van der Waals surface area contributed by atoms with E-state index < -0.39 is 12.0 Å².